The van der Waals surface area contributed by atoms with Gasteiger partial charge in [0, 0.05) is 0 Å². The van der Waals surface area contributed by atoms with Crippen molar-refractivity contribution < 1.29 is 23.6 Å². The lowest BCUT2D eigenvalue weighted by atomic mass is 10.1. The van der Waals surface area contributed by atoms with Crippen molar-refractivity contribution in [3.05, 3.63) is 45.6 Å². The number of hydrogen-bond acceptors (Lipinski definition) is 5. The van der Waals surface area contributed by atoms with E-state index in [4.69, 9.17) is 9.52 Å². The van der Waals surface area contributed by atoms with Crippen molar-refractivity contribution in [2.45, 2.75) is 19.8 Å². The van der Waals surface area contributed by atoms with E-state index in [9.17, 15) is 19.3 Å². The summed E-state index contributed by atoms with van der Waals surface area (Å²) in [6.45, 7) is 1.83. The van der Waals surface area contributed by atoms with Crippen molar-refractivity contribution in [1.29, 1.82) is 0 Å². The number of carbonyl (C=O) groups is 1. The van der Waals surface area contributed by atoms with Crippen LogP contribution >= 0.6 is 0 Å². The molecule has 0 saturated heterocycles. The molecule has 0 fully saturated rings. The fourth-order valence-corrected chi connectivity index (χ4v) is 1.88. The molecule has 21 heavy (non-hydrogen) atoms. The Hall–Kier alpha value is -2.77. The summed E-state index contributed by atoms with van der Waals surface area (Å²) in [7, 11) is 0. The normalized spacial score (nSPS) is 10.6. The van der Waals surface area contributed by atoms with Gasteiger partial charge in [-0.2, -0.15) is 0 Å². The second kappa shape index (κ2) is 5.70. The van der Waals surface area contributed by atoms with E-state index in [-0.39, 0.29) is 22.9 Å². The van der Waals surface area contributed by atoms with Gasteiger partial charge in [0.25, 0.3) is 5.69 Å². The quantitative estimate of drug-likeness (QED) is 0.671. The average molecular weight is 294 g/mol. The molecule has 8 heteroatoms. The number of rotatable bonds is 5. The zero-order chi connectivity index (χ0) is 15.6. The maximum Gasteiger partial charge on any atom is 0.373 e. The molecular formula is C13H11FN2O5. The van der Waals surface area contributed by atoms with Crippen molar-refractivity contribution in [1.82, 2.24) is 4.98 Å². The van der Waals surface area contributed by atoms with Crippen LogP contribution in [0.4, 0.5) is 10.1 Å². The molecule has 0 aliphatic carbocycles. The number of halogens is 1. The fourth-order valence-electron chi connectivity index (χ4n) is 1.88. The second-order valence-corrected chi connectivity index (χ2v) is 4.27. The van der Waals surface area contributed by atoms with E-state index >= 15 is 0 Å². The van der Waals surface area contributed by atoms with Crippen molar-refractivity contribution in [3.63, 3.8) is 0 Å². The Morgan fingerprint density at radius 1 is 1.52 bits per heavy atom. The maximum atomic E-state index is 13.1. The number of hydrogen-bond donors (Lipinski definition) is 1. The minimum atomic E-state index is -1.30. The van der Waals surface area contributed by atoms with Gasteiger partial charge in [-0.05, 0) is 18.6 Å². The first-order valence-corrected chi connectivity index (χ1v) is 6.11. The van der Waals surface area contributed by atoms with Crippen LogP contribution in [0.3, 0.4) is 0 Å². The number of nitro groups is 1. The molecule has 0 aliphatic rings. The molecule has 0 aliphatic heterocycles. The molecule has 0 amide bonds. The Morgan fingerprint density at radius 2 is 2.24 bits per heavy atom. The summed E-state index contributed by atoms with van der Waals surface area (Å²) in [5.74, 6) is -2.64. The first-order chi connectivity index (χ1) is 9.93. The predicted octanol–water partition coefficient (Wildman–Crippen LogP) is 3.04. The molecule has 0 radical (unpaired) electrons. The van der Waals surface area contributed by atoms with Crippen molar-refractivity contribution in [2.75, 3.05) is 0 Å². The second-order valence-electron chi connectivity index (χ2n) is 4.27. The Bertz CT molecular complexity index is 711. The predicted molar refractivity (Wildman–Crippen MR) is 69.5 cm³/mol. The van der Waals surface area contributed by atoms with Gasteiger partial charge >= 0.3 is 5.97 Å². The van der Waals surface area contributed by atoms with Crippen molar-refractivity contribution >= 4 is 11.7 Å². The third-order valence-corrected chi connectivity index (χ3v) is 2.77. The summed E-state index contributed by atoms with van der Waals surface area (Å²) in [5.41, 5.74) is -0.388. The van der Waals surface area contributed by atoms with Gasteiger partial charge in [0.2, 0.25) is 11.7 Å². The highest BCUT2D eigenvalue weighted by Gasteiger charge is 2.25. The van der Waals surface area contributed by atoms with Crippen molar-refractivity contribution in [2.24, 2.45) is 0 Å². The van der Waals surface area contributed by atoms with Crippen LogP contribution in [-0.2, 0) is 6.42 Å². The summed E-state index contributed by atoms with van der Waals surface area (Å²) < 4.78 is 18.2. The number of carboxylic acid groups (broad SMARTS) is 1. The Balaban J connectivity index is 2.59. The highest BCUT2D eigenvalue weighted by Crippen LogP contribution is 2.31. The van der Waals surface area contributed by atoms with E-state index in [0.29, 0.717) is 12.8 Å². The van der Waals surface area contributed by atoms with Crippen LogP contribution < -0.4 is 0 Å². The molecule has 0 unspecified atom stereocenters. The number of nitrogens with zero attached hydrogens (tertiary/aromatic N) is 2. The summed E-state index contributed by atoms with van der Waals surface area (Å²) in [6.07, 6.45) is 0.998. The number of benzene rings is 1. The lowest BCUT2D eigenvalue weighted by Gasteiger charge is -1.98. The van der Waals surface area contributed by atoms with Gasteiger partial charge in [-0.15, -0.1) is 0 Å². The zero-order valence-electron chi connectivity index (χ0n) is 11.0. The van der Waals surface area contributed by atoms with E-state index in [2.05, 4.69) is 4.98 Å². The summed E-state index contributed by atoms with van der Waals surface area (Å²) in [6, 6.07) is 2.90. The van der Waals surface area contributed by atoms with Crippen LogP contribution in [0.25, 0.3) is 11.5 Å². The lowest BCUT2D eigenvalue weighted by molar-refractivity contribution is -0.384. The van der Waals surface area contributed by atoms with Gasteiger partial charge in [-0.1, -0.05) is 13.3 Å². The smallest absolute Gasteiger partial charge is 0.373 e. The van der Waals surface area contributed by atoms with E-state index in [0.717, 1.165) is 18.2 Å². The first kappa shape index (κ1) is 14.6. The molecule has 2 rings (SSSR count). The van der Waals surface area contributed by atoms with Gasteiger partial charge < -0.3 is 9.52 Å². The summed E-state index contributed by atoms with van der Waals surface area (Å²) in [5, 5.41) is 20.0. The molecule has 2 aromatic rings. The zero-order valence-corrected chi connectivity index (χ0v) is 11.0. The number of oxazole rings is 1. The maximum absolute atomic E-state index is 13.1. The van der Waals surface area contributed by atoms with Crippen LogP contribution in [-0.4, -0.2) is 21.0 Å². The van der Waals surface area contributed by atoms with Gasteiger partial charge in [0.1, 0.15) is 11.4 Å². The standard InChI is InChI=1S/C13H11FN2O5/c1-2-3-9-11(13(17)18)21-12(15-9)8-5-4-7(14)6-10(8)16(19)20/h4-6H,2-3H2,1H3,(H,17,18). The number of aryl methyl sites for hydroxylation is 1. The molecular weight excluding hydrogens is 283 g/mol. The number of nitro benzene ring substituents is 1. The van der Waals surface area contributed by atoms with E-state index in [1.54, 1.807) is 0 Å². The van der Waals surface area contributed by atoms with Crippen LogP contribution in [0, 0.1) is 15.9 Å². The molecule has 7 nitrogen and oxygen atoms in total. The fraction of sp³-hybridized carbons (Fsp3) is 0.231. The highest BCUT2D eigenvalue weighted by atomic mass is 19.1. The minimum absolute atomic E-state index is 0.0637. The monoisotopic (exact) mass is 294 g/mol. The Kier molecular flexibility index (Phi) is 3.97. The minimum Gasteiger partial charge on any atom is -0.475 e. The highest BCUT2D eigenvalue weighted by molar-refractivity contribution is 5.86. The molecule has 1 N–H and O–H groups in total. The topological polar surface area (TPSA) is 106 Å². The van der Waals surface area contributed by atoms with Crippen LogP contribution in [0.1, 0.15) is 29.6 Å². The molecule has 1 aromatic carbocycles. The Morgan fingerprint density at radius 3 is 2.81 bits per heavy atom. The number of aromatic nitrogens is 1. The van der Waals surface area contributed by atoms with Crippen LogP contribution in [0.2, 0.25) is 0 Å². The van der Waals surface area contributed by atoms with E-state index < -0.39 is 22.4 Å². The molecule has 110 valence electrons. The van der Waals surface area contributed by atoms with E-state index in [1.165, 1.54) is 0 Å². The number of carboxylic acids is 1. The van der Waals surface area contributed by atoms with E-state index in [1.807, 2.05) is 6.92 Å². The summed E-state index contributed by atoms with van der Waals surface area (Å²) in [4.78, 5) is 25.3. The Labute approximate surface area is 118 Å². The van der Waals surface area contributed by atoms with Crippen molar-refractivity contribution in [3.8, 4) is 11.5 Å². The van der Waals surface area contributed by atoms with Crippen LogP contribution in [0.5, 0.6) is 0 Å². The van der Waals surface area contributed by atoms with Crippen LogP contribution in [0.15, 0.2) is 22.6 Å². The molecule has 0 bridgehead atoms. The third kappa shape index (κ3) is 2.88. The summed E-state index contributed by atoms with van der Waals surface area (Å²) >= 11 is 0. The molecule has 0 spiro atoms. The van der Waals surface area contributed by atoms with Gasteiger partial charge in [-0.3, -0.25) is 10.1 Å². The molecule has 1 aromatic heterocycles. The average Bonchev–Trinajstić information content (AvgIpc) is 2.83. The molecule has 0 saturated carbocycles. The van der Waals surface area contributed by atoms with Gasteiger partial charge in [0.05, 0.1) is 16.7 Å². The lowest BCUT2D eigenvalue weighted by Crippen LogP contribution is -1.99. The molecule has 0 atom stereocenters. The van der Waals surface area contributed by atoms with Gasteiger partial charge in [-0.25, -0.2) is 14.2 Å². The first-order valence-electron chi connectivity index (χ1n) is 6.11. The van der Waals surface area contributed by atoms with Gasteiger partial charge in [0.15, 0.2) is 0 Å². The molecule has 1 heterocycles. The SMILES string of the molecule is CCCc1nc(-c2ccc(F)cc2[N+](=O)[O-])oc1C(=O)O. The third-order valence-electron chi connectivity index (χ3n) is 2.77. The largest absolute Gasteiger partial charge is 0.475 e. The number of aromatic carboxylic acids is 1.